The second-order valence-corrected chi connectivity index (χ2v) is 7.89. The van der Waals surface area contributed by atoms with Crippen LogP contribution in [0, 0.1) is 5.92 Å². The number of nitrogens with two attached hydrogens (primary N) is 1. The Kier molecular flexibility index (Phi) is 3.87. The Morgan fingerprint density at radius 3 is 2.81 bits per heavy atom. The highest BCUT2D eigenvalue weighted by atomic mass is 35.5. The molecule has 21 heavy (non-hydrogen) atoms. The number of nitrogens with zero attached hydrogens (tertiary/aromatic N) is 2. The lowest BCUT2D eigenvalue weighted by atomic mass is 10.2. The smallest absolute Gasteiger partial charge is 0.244 e. The molecular formula is C12H13ClN4O2S2. The summed E-state index contributed by atoms with van der Waals surface area (Å²) in [6, 6.07) is 0.978. The van der Waals surface area contributed by atoms with Crippen LogP contribution >= 0.6 is 22.9 Å². The topological polar surface area (TPSA) is 98.0 Å². The van der Waals surface area contributed by atoms with Crippen LogP contribution in [0.15, 0.2) is 28.7 Å². The summed E-state index contributed by atoms with van der Waals surface area (Å²) in [7, 11) is -3.80. The van der Waals surface area contributed by atoms with Gasteiger partial charge in [0.1, 0.15) is 15.7 Å². The number of pyridine rings is 1. The lowest BCUT2D eigenvalue weighted by Gasteiger charge is -2.16. The number of hydrogen-bond acceptors (Lipinski definition) is 6. The molecule has 3 rings (SSSR count). The van der Waals surface area contributed by atoms with Gasteiger partial charge in [-0.1, -0.05) is 11.6 Å². The maximum absolute atomic E-state index is 12.5. The van der Waals surface area contributed by atoms with Gasteiger partial charge in [-0.2, -0.15) is 0 Å². The first-order valence-corrected chi connectivity index (χ1v) is 9.04. The first kappa shape index (κ1) is 14.7. The van der Waals surface area contributed by atoms with Gasteiger partial charge < -0.3 is 5.73 Å². The third kappa shape index (κ3) is 3.18. The maximum atomic E-state index is 12.5. The van der Waals surface area contributed by atoms with Crippen molar-refractivity contribution in [1.82, 2.24) is 14.7 Å². The van der Waals surface area contributed by atoms with Crippen molar-refractivity contribution in [3.63, 3.8) is 0 Å². The number of aromatic nitrogens is 2. The number of nitrogens with one attached hydrogen (secondary N) is 1. The number of rotatable bonds is 5. The minimum absolute atomic E-state index is 0.0689. The molecule has 112 valence electrons. The molecule has 1 fully saturated rings. The highest BCUT2D eigenvalue weighted by Crippen LogP contribution is 2.42. The molecule has 0 amide bonds. The Bertz CT molecular complexity index is 745. The van der Waals surface area contributed by atoms with Crippen molar-refractivity contribution in [1.29, 1.82) is 0 Å². The van der Waals surface area contributed by atoms with Crippen LogP contribution in [-0.2, 0) is 10.0 Å². The summed E-state index contributed by atoms with van der Waals surface area (Å²) < 4.78 is 27.7. The van der Waals surface area contributed by atoms with Gasteiger partial charge in [-0.05, 0) is 24.8 Å². The molecule has 9 heteroatoms. The lowest BCUT2D eigenvalue weighted by Crippen LogP contribution is -2.30. The third-order valence-electron chi connectivity index (χ3n) is 3.23. The van der Waals surface area contributed by atoms with Gasteiger partial charge in [0.15, 0.2) is 0 Å². The quantitative estimate of drug-likeness (QED) is 0.866. The second kappa shape index (κ2) is 5.53. The summed E-state index contributed by atoms with van der Waals surface area (Å²) in [4.78, 5) is 7.90. The van der Waals surface area contributed by atoms with E-state index < -0.39 is 10.0 Å². The maximum Gasteiger partial charge on any atom is 0.244 e. The van der Waals surface area contributed by atoms with Crippen LogP contribution in [0.2, 0.25) is 5.02 Å². The van der Waals surface area contributed by atoms with E-state index in [0.717, 1.165) is 17.8 Å². The van der Waals surface area contributed by atoms with Gasteiger partial charge in [0.25, 0.3) is 0 Å². The van der Waals surface area contributed by atoms with E-state index in [0.29, 0.717) is 0 Å². The van der Waals surface area contributed by atoms with Crippen LogP contribution in [0.5, 0.6) is 0 Å². The second-order valence-electron chi connectivity index (χ2n) is 4.84. The van der Waals surface area contributed by atoms with Crippen molar-refractivity contribution in [3.05, 3.63) is 33.9 Å². The minimum Gasteiger partial charge on any atom is -0.383 e. The van der Waals surface area contributed by atoms with Crippen molar-refractivity contribution in [2.45, 2.75) is 23.8 Å². The van der Waals surface area contributed by atoms with E-state index in [-0.39, 0.29) is 27.7 Å². The fourth-order valence-electron chi connectivity index (χ4n) is 2.04. The van der Waals surface area contributed by atoms with Gasteiger partial charge >= 0.3 is 0 Å². The summed E-state index contributed by atoms with van der Waals surface area (Å²) in [6.07, 6.45) is 4.94. The Labute approximate surface area is 131 Å². The molecule has 2 heterocycles. The molecule has 1 unspecified atom stereocenters. The molecule has 0 saturated heterocycles. The lowest BCUT2D eigenvalue weighted by molar-refractivity contribution is 0.527. The van der Waals surface area contributed by atoms with Gasteiger partial charge in [0, 0.05) is 17.8 Å². The molecule has 6 nitrogen and oxygen atoms in total. The largest absolute Gasteiger partial charge is 0.383 e. The van der Waals surface area contributed by atoms with E-state index in [9.17, 15) is 8.42 Å². The van der Waals surface area contributed by atoms with Crippen LogP contribution in [0.1, 0.15) is 23.9 Å². The standard InChI is InChI=1S/C12H13ClN4O2S2/c13-8-5-9(11(14)16-6-8)21(18,19)17-10(7-1-2-7)12-15-3-4-20-12/h3-7,10,17H,1-2H2,(H2,14,16). The van der Waals surface area contributed by atoms with Crippen LogP contribution in [0.25, 0.3) is 0 Å². The molecule has 1 atom stereocenters. The monoisotopic (exact) mass is 344 g/mol. The fourth-order valence-corrected chi connectivity index (χ4v) is 4.50. The summed E-state index contributed by atoms with van der Waals surface area (Å²) in [5.41, 5.74) is 5.66. The molecule has 3 N–H and O–H groups in total. The van der Waals surface area contributed by atoms with Crippen molar-refractivity contribution in [2.75, 3.05) is 5.73 Å². The van der Waals surface area contributed by atoms with E-state index in [1.165, 1.54) is 23.6 Å². The number of sulfonamides is 1. The molecule has 0 aliphatic heterocycles. The fraction of sp³-hybridized carbons (Fsp3) is 0.333. The number of halogens is 1. The third-order valence-corrected chi connectivity index (χ3v) is 5.77. The Morgan fingerprint density at radius 2 is 2.19 bits per heavy atom. The van der Waals surface area contributed by atoms with E-state index in [4.69, 9.17) is 17.3 Å². The highest BCUT2D eigenvalue weighted by Gasteiger charge is 2.37. The van der Waals surface area contributed by atoms with Crippen molar-refractivity contribution < 1.29 is 8.42 Å². The number of hydrogen-bond donors (Lipinski definition) is 2. The van der Waals surface area contributed by atoms with Crippen LogP contribution < -0.4 is 10.5 Å². The van der Waals surface area contributed by atoms with E-state index in [2.05, 4.69) is 14.7 Å². The van der Waals surface area contributed by atoms with Crippen molar-refractivity contribution in [3.8, 4) is 0 Å². The highest BCUT2D eigenvalue weighted by molar-refractivity contribution is 7.89. The molecular weight excluding hydrogens is 332 g/mol. The zero-order valence-electron chi connectivity index (χ0n) is 10.9. The normalized spacial score (nSPS) is 16.8. The predicted molar refractivity (Wildman–Crippen MR) is 81.6 cm³/mol. The molecule has 0 aromatic carbocycles. The first-order valence-electron chi connectivity index (χ1n) is 6.30. The molecule has 0 spiro atoms. The van der Waals surface area contributed by atoms with Gasteiger partial charge in [-0.25, -0.2) is 23.1 Å². The first-order chi connectivity index (χ1) is 9.97. The van der Waals surface area contributed by atoms with Crippen LogP contribution in [0.4, 0.5) is 5.82 Å². The molecule has 1 aliphatic carbocycles. The van der Waals surface area contributed by atoms with Gasteiger partial charge in [-0.15, -0.1) is 11.3 Å². The number of anilines is 1. The zero-order chi connectivity index (χ0) is 15.0. The minimum atomic E-state index is -3.80. The van der Waals surface area contributed by atoms with E-state index in [1.807, 2.05) is 5.38 Å². The summed E-state index contributed by atoms with van der Waals surface area (Å²) in [5, 5.41) is 2.81. The molecule has 2 aromatic heterocycles. The summed E-state index contributed by atoms with van der Waals surface area (Å²) >= 11 is 7.24. The molecule has 0 radical (unpaired) electrons. The van der Waals surface area contributed by atoms with Crippen LogP contribution in [0.3, 0.4) is 0 Å². The zero-order valence-corrected chi connectivity index (χ0v) is 13.2. The Hall–Kier alpha value is -1.22. The average molecular weight is 345 g/mol. The van der Waals surface area contributed by atoms with E-state index >= 15 is 0 Å². The van der Waals surface area contributed by atoms with E-state index in [1.54, 1.807) is 6.20 Å². The molecule has 1 aliphatic rings. The summed E-state index contributed by atoms with van der Waals surface area (Å²) in [5.74, 6) is 0.208. The Morgan fingerprint density at radius 1 is 1.43 bits per heavy atom. The van der Waals surface area contributed by atoms with Gasteiger partial charge in [0.05, 0.1) is 11.1 Å². The van der Waals surface area contributed by atoms with Gasteiger partial charge in [0.2, 0.25) is 10.0 Å². The average Bonchev–Trinajstić information content (AvgIpc) is 3.13. The van der Waals surface area contributed by atoms with Crippen LogP contribution in [-0.4, -0.2) is 18.4 Å². The summed E-state index contributed by atoms with van der Waals surface area (Å²) in [6.45, 7) is 0. The molecule has 0 bridgehead atoms. The molecule has 1 saturated carbocycles. The number of nitrogen functional groups attached to an aromatic ring is 1. The predicted octanol–water partition coefficient (Wildman–Crippen LogP) is 2.20. The molecule has 2 aromatic rings. The van der Waals surface area contributed by atoms with Crippen molar-refractivity contribution >= 4 is 38.8 Å². The van der Waals surface area contributed by atoms with Gasteiger partial charge in [-0.3, -0.25) is 0 Å². The SMILES string of the molecule is Nc1ncc(Cl)cc1S(=O)(=O)NC(c1nccs1)C1CC1. The van der Waals surface area contributed by atoms with Crippen molar-refractivity contribution in [2.24, 2.45) is 5.92 Å². The number of thiazole rings is 1. The Balaban J connectivity index is 1.93.